The molecule has 1 aliphatic heterocycles. The summed E-state index contributed by atoms with van der Waals surface area (Å²) in [6.07, 6.45) is 0. The molecule has 5 heteroatoms. The van der Waals surface area contributed by atoms with Gasteiger partial charge in [-0.15, -0.1) is 0 Å². The Kier molecular flexibility index (Phi) is 3.27. The van der Waals surface area contributed by atoms with E-state index in [0.29, 0.717) is 13.2 Å². The summed E-state index contributed by atoms with van der Waals surface area (Å²) in [5, 5.41) is 2.22. The highest BCUT2D eigenvalue weighted by Gasteiger charge is 2.25. The summed E-state index contributed by atoms with van der Waals surface area (Å²) in [5.41, 5.74) is 1.12. The number of benzene rings is 1. The van der Waals surface area contributed by atoms with Gasteiger partial charge in [-0.1, -0.05) is 12.1 Å². The van der Waals surface area contributed by atoms with Crippen molar-refractivity contribution in [3.63, 3.8) is 0 Å². The van der Waals surface area contributed by atoms with Crippen molar-refractivity contribution in [2.45, 2.75) is 6.92 Å². The van der Waals surface area contributed by atoms with Crippen LogP contribution in [0, 0.1) is 6.92 Å². The lowest BCUT2D eigenvalue weighted by atomic mass is 10.2. The van der Waals surface area contributed by atoms with Gasteiger partial charge in [0.25, 0.3) is 0 Å². The van der Waals surface area contributed by atoms with Gasteiger partial charge in [0.2, 0.25) is 5.91 Å². The Labute approximate surface area is 99.4 Å². The normalized spacial score (nSPS) is 15.0. The Morgan fingerprint density at radius 3 is 2.88 bits per heavy atom. The van der Waals surface area contributed by atoms with Crippen LogP contribution in [0.15, 0.2) is 24.3 Å². The van der Waals surface area contributed by atoms with Crippen LogP contribution in [0.25, 0.3) is 0 Å². The number of carbonyl (C=O) groups is 2. The lowest BCUT2D eigenvalue weighted by Gasteiger charge is -2.13. The molecule has 0 saturated carbocycles. The monoisotopic (exact) mass is 234 g/mol. The van der Waals surface area contributed by atoms with E-state index < -0.39 is 0 Å². The van der Waals surface area contributed by atoms with Crippen molar-refractivity contribution in [2.24, 2.45) is 0 Å². The fraction of sp³-hybridized carbons (Fsp3) is 0.333. The summed E-state index contributed by atoms with van der Waals surface area (Å²) in [4.78, 5) is 23.6. The van der Waals surface area contributed by atoms with E-state index in [9.17, 15) is 9.59 Å². The molecule has 0 bridgehead atoms. The molecule has 0 aliphatic carbocycles. The quantitative estimate of drug-likeness (QED) is 0.788. The van der Waals surface area contributed by atoms with Crippen LogP contribution >= 0.6 is 0 Å². The standard InChI is InChI=1S/C12H14N2O3/c1-9-3-2-4-10(7-9)17-6-5-14-8-11(15)13-12(14)16/h2-4,7H,5-6,8H2,1H3,(H,13,15,16). The molecule has 3 amide bonds. The highest BCUT2D eigenvalue weighted by molar-refractivity contribution is 6.01. The van der Waals surface area contributed by atoms with Gasteiger partial charge in [0.05, 0.1) is 6.54 Å². The van der Waals surface area contributed by atoms with Crippen LogP contribution < -0.4 is 10.1 Å². The molecule has 0 radical (unpaired) electrons. The number of carbonyl (C=O) groups excluding carboxylic acids is 2. The Morgan fingerprint density at radius 2 is 2.24 bits per heavy atom. The van der Waals surface area contributed by atoms with Crippen LogP contribution in [-0.2, 0) is 4.79 Å². The Hall–Kier alpha value is -2.04. The SMILES string of the molecule is Cc1cccc(OCCN2CC(=O)NC2=O)c1. The van der Waals surface area contributed by atoms with E-state index in [0.717, 1.165) is 11.3 Å². The van der Waals surface area contributed by atoms with E-state index in [1.807, 2.05) is 31.2 Å². The first-order chi connectivity index (χ1) is 8.15. The van der Waals surface area contributed by atoms with E-state index in [1.165, 1.54) is 4.90 Å². The number of aryl methyl sites for hydroxylation is 1. The van der Waals surface area contributed by atoms with Gasteiger partial charge in [-0.25, -0.2) is 4.79 Å². The number of hydrogen-bond acceptors (Lipinski definition) is 3. The molecule has 1 saturated heterocycles. The molecular weight excluding hydrogens is 220 g/mol. The minimum Gasteiger partial charge on any atom is -0.492 e. The number of rotatable bonds is 4. The molecular formula is C12H14N2O3. The lowest BCUT2D eigenvalue weighted by molar-refractivity contribution is -0.118. The van der Waals surface area contributed by atoms with Crippen molar-refractivity contribution < 1.29 is 14.3 Å². The number of amides is 3. The van der Waals surface area contributed by atoms with Gasteiger partial charge >= 0.3 is 6.03 Å². The summed E-state index contributed by atoms with van der Waals surface area (Å²) < 4.78 is 5.50. The molecule has 2 rings (SSSR count). The van der Waals surface area contributed by atoms with Crippen molar-refractivity contribution in [3.05, 3.63) is 29.8 Å². The molecule has 1 aromatic rings. The van der Waals surface area contributed by atoms with Gasteiger partial charge < -0.3 is 9.64 Å². The number of nitrogens with zero attached hydrogens (tertiary/aromatic N) is 1. The number of nitrogens with one attached hydrogen (secondary N) is 1. The largest absolute Gasteiger partial charge is 0.492 e. The molecule has 1 heterocycles. The minimum absolute atomic E-state index is 0.121. The van der Waals surface area contributed by atoms with Gasteiger partial charge in [0.1, 0.15) is 18.9 Å². The van der Waals surface area contributed by atoms with E-state index in [2.05, 4.69) is 5.32 Å². The second-order valence-corrected chi connectivity index (χ2v) is 3.94. The van der Waals surface area contributed by atoms with E-state index >= 15 is 0 Å². The zero-order valence-electron chi connectivity index (χ0n) is 9.60. The highest BCUT2D eigenvalue weighted by Crippen LogP contribution is 2.12. The van der Waals surface area contributed by atoms with Crippen molar-refractivity contribution in [1.29, 1.82) is 0 Å². The van der Waals surface area contributed by atoms with Crippen LogP contribution in [0.4, 0.5) is 4.79 Å². The van der Waals surface area contributed by atoms with Gasteiger partial charge in [0, 0.05) is 0 Å². The van der Waals surface area contributed by atoms with Gasteiger partial charge in [-0.2, -0.15) is 0 Å². The third-order valence-corrected chi connectivity index (χ3v) is 2.49. The van der Waals surface area contributed by atoms with Gasteiger partial charge in [-0.05, 0) is 24.6 Å². The van der Waals surface area contributed by atoms with Crippen LogP contribution in [0.5, 0.6) is 5.75 Å². The lowest BCUT2D eigenvalue weighted by Crippen LogP contribution is -2.31. The van der Waals surface area contributed by atoms with Crippen molar-refractivity contribution in [2.75, 3.05) is 19.7 Å². The Bertz CT molecular complexity index is 445. The molecule has 5 nitrogen and oxygen atoms in total. The zero-order valence-corrected chi connectivity index (χ0v) is 9.60. The fourth-order valence-electron chi connectivity index (χ4n) is 1.64. The maximum Gasteiger partial charge on any atom is 0.324 e. The summed E-state index contributed by atoms with van der Waals surface area (Å²) >= 11 is 0. The maximum absolute atomic E-state index is 11.2. The first kappa shape index (κ1) is 11.4. The predicted octanol–water partition coefficient (Wildman–Crippen LogP) is 0.926. The molecule has 0 spiro atoms. The molecule has 1 aliphatic rings. The zero-order chi connectivity index (χ0) is 12.3. The second-order valence-electron chi connectivity index (χ2n) is 3.94. The number of urea groups is 1. The van der Waals surface area contributed by atoms with Crippen molar-refractivity contribution in [1.82, 2.24) is 10.2 Å². The van der Waals surface area contributed by atoms with Gasteiger partial charge in [0.15, 0.2) is 0 Å². The number of imide groups is 1. The van der Waals surface area contributed by atoms with E-state index in [-0.39, 0.29) is 18.5 Å². The van der Waals surface area contributed by atoms with E-state index in [1.54, 1.807) is 0 Å². The molecule has 0 atom stereocenters. The average molecular weight is 234 g/mol. The molecule has 17 heavy (non-hydrogen) atoms. The summed E-state index contributed by atoms with van der Waals surface area (Å²) in [7, 11) is 0. The van der Waals surface area contributed by atoms with Crippen molar-refractivity contribution >= 4 is 11.9 Å². The van der Waals surface area contributed by atoms with Gasteiger partial charge in [-0.3, -0.25) is 10.1 Å². The number of ether oxygens (including phenoxy) is 1. The van der Waals surface area contributed by atoms with Crippen LogP contribution in [0.3, 0.4) is 0 Å². The van der Waals surface area contributed by atoms with Crippen LogP contribution in [0.2, 0.25) is 0 Å². The summed E-state index contributed by atoms with van der Waals surface area (Å²) in [6, 6.07) is 7.34. The molecule has 0 aromatic heterocycles. The molecule has 1 fully saturated rings. The fourth-order valence-corrected chi connectivity index (χ4v) is 1.64. The second kappa shape index (κ2) is 4.86. The predicted molar refractivity (Wildman–Crippen MR) is 61.8 cm³/mol. The first-order valence-electron chi connectivity index (χ1n) is 5.43. The summed E-state index contributed by atoms with van der Waals surface area (Å²) in [6.45, 7) is 2.89. The van der Waals surface area contributed by atoms with E-state index in [4.69, 9.17) is 4.74 Å². The maximum atomic E-state index is 11.2. The van der Waals surface area contributed by atoms with Crippen molar-refractivity contribution in [3.8, 4) is 5.75 Å². The third kappa shape index (κ3) is 2.96. The molecule has 1 aromatic carbocycles. The molecule has 90 valence electrons. The van der Waals surface area contributed by atoms with Crippen LogP contribution in [-0.4, -0.2) is 36.5 Å². The summed E-state index contributed by atoms with van der Waals surface area (Å²) in [5.74, 6) is 0.515. The highest BCUT2D eigenvalue weighted by atomic mass is 16.5. The topological polar surface area (TPSA) is 58.6 Å². The molecule has 0 unspecified atom stereocenters. The Morgan fingerprint density at radius 1 is 1.41 bits per heavy atom. The van der Waals surface area contributed by atoms with Crippen LogP contribution in [0.1, 0.15) is 5.56 Å². The average Bonchev–Trinajstić information content (AvgIpc) is 2.58. The molecule has 1 N–H and O–H groups in total. The minimum atomic E-state index is -0.345. The Balaban J connectivity index is 1.80. The third-order valence-electron chi connectivity index (χ3n) is 2.49. The number of hydrogen-bond donors (Lipinski definition) is 1. The smallest absolute Gasteiger partial charge is 0.324 e. The first-order valence-corrected chi connectivity index (χ1v) is 5.43.